The summed E-state index contributed by atoms with van der Waals surface area (Å²) in [6, 6.07) is 9.26. The van der Waals surface area contributed by atoms with E-state index in [1.165, 1.54) is 11.3 Å². The van der Waals surface area contributed by atoms with E-state index in [4.69, 9.17) is 5.26 Å². The number of fused-ring (bicyclic) bond motifs is 1. The van der Waals surface area contributed by atoms with Crippen molar-refractivity contribution < 1.29 is 4.79 Å². The monoisotopic (exact) mass is 394 g/mol. The maximum atomic E-state index is 12.5. The number of amides is 1. The number of nitrogens with one attached hydrogen (secondary N) is 1. The molecule has 1 amide bonds. The molecule has 1 fully saturated rings. The van der Waals surface area contributed by atoms with Crippen LogP contribution in [0.5, 0.6) is 0 Å². The molecule has 1 aliphatic rings. The molecule has 8 nitrogen and oxygen atoms in total. The van der Waals surface area contributed by atoms with Crippen molar-refractivity contribution in [1.82, 2.24) is 19.9 Å². The van der Waals surface area contributed by atoms with E-state index in [0.29, 0.717) is 60.6 Å². The van der Waals surface area contributed by atoms with Crippen LogP contribution in [0.15, 0.2) is 35.3 Å². The fraction of sp³-hybridized carbons (Fsp3) is 0.316. The molecule has 1 saturated heterocycles. The van der Waals surface area contributed by atoms with Gasteiger partial charge >= 0.3 is 0 Å². The maximum Gasteiger partial charge on any atom is 0.258 e. The van der Waals surface area contributed by atoms with Crippen LogP contribution in [0.25, 0.3) is 10.9 Å². The molecule has 1 aliphatic heterocycles. The van der Waals surface area contributed by atoms with Gasteiger partial charge in [0, 0.05) is 39.0 Å². The van der Waals surface area contributed by atoms with Gasteiger partial charge in [0.05, 0.1) is 17.1 Å². The average Bonchev–Trinajstić information content (AvgIpc) is 3.21. The Labute approximate surface area is 165 Å². The SMILES string of the molecule is N#Cc1cnc(N2CCN(C(=O)CCc3nc4ccccc4c(=O)[nH]3)CC2)s1. The van der Waals surface area contributed by atoms with Gasteiger partial charge in [0.2, 0.25) is 5.91 Å². The fourth-order valence-electron chi connectivity index (χ4n) is 3.25. The number of carbonyl (C=O) groups is 1. The molecule has 0 saturated carbocycles. The minimum absolute atomic E-state index is 0.0484. The van der Waals surface area contributed by atoms with Gasteiger partial charge in [-0.3, -0.25) is 9.59 Å². The average molecular weight is 394 g/mol. The second kappa shape index (κ2) is 7.78. The molecule has 0 unspecified atom stereocenters. The van der Waals surface area contributed by atoms with Crippen molar-refractivity contribution in [3.05, 3.63) is 51.5 Å². The zero-order valence-electron chi connectivity index (χ0n) is 15.1. The molecule has 3 heterocycles. The van der Waals surface area contributed by atoms with E-state index in [2.05, 4.69) is 25.9 Å². The van der Waals surface area contributed by atoms with E-state index in [9.17, 15) is 9.59 Å². The van der Waals surface area contributed by atoms with E-state index >= 15 is 0 Å². The number of anilines is 1. The topological polar surface area (TPSA) is 106 Å². The molecule has 1 N–H and O–H groups in total. The summed E-state index contributed by atoms with van der Waals surface area (Å²) in [7, 11) is 0. The molecule has 9 heteroatoms. The number of aromatic nitrogens is 3. The number of benzene rings is 1. The van der Waals surface area contributed by atoms with Gasteiger partial charge in [0.15, 0.2) is 5.13 Å². The lowest BCUT2D eigenvalue weighted by molar-refractivity contribution is -0.131. The van der Waals surface area contributed by atoms with Crippen LogP contribution < -0.4 is 10.5 Å². The maximum absolute atomic E-state index is 12.5. The lowest BCUT2D eigenvalue weighted by Crippen LogP contribution is -2.48. The molecule has 4 rings (SSSR count). The summed E-state index contributed by atoms with van der Waals surface area (Å²) in [5.41, 5.74) is 0.462. The number of rotatable bonds is 4. The number of aryl methyl sites for hydroxylation is 1. The van der Waals surface area contributed by atoms with Gasteiger partial charge in [0.25, 0.3) is 5.56 Å². The highest BCUT2D eigenvalue weighted by molar-refractivity contribution is 7.16. The lowest BCUT2D eigenvalue weighted by Gasteiger charge is -2.34. The number of hydrogen-bond donors (Lipinski definition) is 1. The predicted octanol–water partition coefficient (Wildman–Crippen LogP) is 1.53. The molecule has 0 radical (unpaired) electrons. The van der Waals surface area contributed by atoms with Crippen LogP contribution in [-0.4, -0.2) is 51.9 Å². The summed E-state index contributed by atoms with van der Waals surface area (Å²) in [6.45, 7) is 2.61. The third-order valence-electron chi connectivity index (χ3n) is 4.74. The first-order chi connectivity index (χ1) is 13.6. The number of hydrogen-bond acceptors (Lipinski definition) is 7. The fourth-order valence-corrected chi connectivity index (χ4v) is 4.01. The van der Waals surface area contributed by atoms with E-state index in [1.807, 2.05) is 11.0 Å². The Morgan fingerprint density at radius 3 is 2.79 bits per heavy atom. The smallest absolute Gasteiger partial charge is 0.258 e. The Hall–Kier alpha value is -3.25. The van der Waals surface area contributed by atoms with Crippen LogP contribution in [-0.2, 0) is 11.2 Å². The van der Waals surface area contributed by atoms with E-state index < -0.39 is 0 Å². The zero-order valence-corrected chi connectivity index (χ0v) is 15.9. The van der Waals surface area contributed by atoms with Crippen molar-refractivity contribution in [3.8, 4) is 6.07 Å². The summed E-state index contributed by atoms with van der Waals surface area (Å²) in [5.74, 6) is 0.579. The molecule has 1 aromatic carbocycles. The molecule has 0 aliphatic carbocycles. The largest absolute Gasteiger partial charge is 0.345 e. The van der Waals surface area contributed by atoms with Crippen LogP contribution in [0.1, 0.15) is 17.1 Å². The van der Waals surface area contributed by atoms with Crippen LogP contribution in [0.2, 0.25) is 0 Å². The van der Waals surface area contributed by atoms with Crippen LogP contribution in [0.4, 0.5) is 5.13 Å². The van der Waals surface area contributed by atoms with Crippen molar-refractivity contribution in [2.45, 2.75) is 12.8 Å². The minimum atomic E-state index is -0.179. The number of para-hydroxylation sites is 1. The number of piperazine rings is 1. The number of nitriles is 1. The quantitative estimate of drug-likeness (QED) is 0.719. The molecular weight excluding hydrogens is 376 g/mol. The van der Waals surface area contributed by atoms with Crippen molar-refractivity contribution >= 4 is 33.3 Å². The summed E-state index contributed by atoms with van der Waals surface area (Å²) in [5, 5.41) is 10.3. The van der Waals surface area contributed by atoms with Gasteiger partial charge in [-0.05, 0) is 12.1 Å². The number of thiazole rings is 1. The minimum Gasteiger partial charge on any atom is -0.345 e. The van der Waals surface area contributed by atoms with Crippen LogP contribution in [0.3, 0.4) is 0 Å². The molecule has 0 atom stereocenters. The van der Waals surface area contributed by atoms with Gasteiger partial charge in [0.1, 0.15) is 16.8 Å². The molecule has 2 aromatic heterocycles. The Balaban J connectivity index is 1.34. The van der Waals surface area contributed by atoms with E-state index in [1.54, 1.807) is 24.4 Å². The van der Waals surface area contributed by atoms with Gasteiger partial charge in [-0.15, -0.1) is 0 Å². The Morgan fingerprint density at radius 2 is 2.04 bits per heavy atom. The summed E-state index contributed by atoms with van der Waals surface area (Å²) in [6.07, 6.45) is 2.28. The molecular formula is C19H18N6O2S. The van der Waals surface area contributed by atoms with Crippen molar-refractivity contribution in [1.29, 1.82) is 5.26 Å². The Morgan fingerprint density at radius 1 is 1.25 bits per heavy atom. The highest BCUT2D eigenvalue weighted by atomic mass is 32.1. The Kier molecular flexibility index (Phi) is 5.04. The molecule has 0 bridgehead atoms. The predicted molar refractivity (Wildman–Crippen MR) is 106 cm³/mol. The van der Waals surface area contributed by atoms with Crippen molar-refractivity contribution in [2.24, 2.45) is 0 Å². The molecule has 0 spiro atoms. The molecule has 3 aromatic rings. The second-order valence-corrected chi connectivity index (χ2v) is 7.53. The summed E-state index contributed by atoms with van der Waals surface area (Å²) >= 11 is 1.37. The molecule has 142 valence electrons. The lowest BCUT2D eigenvalue weighted by atomic mass is 10.2. The molecule has 28 heavy (non-hydrogen) atoms. The highest BCUT2D eigenvalue weighted by Crippen LogP contribution is 2.23. The van der Waals surface area contributed by atoms with Crippen LogP contribution >= 0.6 is 11.3 Å². The van der Waals surface area contributed by atoms with E-state index in [0.717, 1.165) is 5.13 Å². The van der Waals surface area contributed by atoms with Gasteiger partial charge in [-0.1, -0.05) is 23.5 Å². The van der Waals surface area contributed by atoms with Crippen LogP contribution in [0, 0.1) is 11.3 Å². The standard InChI is InChI=1S/C19H18N6O2S/c20-11-13-12-21-19(28-13)25-9-7-24(8-10-25)17(26)6-5-16-22-15-4-2-1-3-14(15)18(27)23-16/h1-4,12H,5-10H2,(H,22,23,27). The first-order valence-corrected chi connectivity index (χ1v) is 9.82. The number of H-pyrrole nitrogens is 1. The number of nitrogens with zero attached hydrogens (tertiary/aromatic N) is 5. The third-order valence-corrected chi connectivity index (χ3v) is 5.71. The van der Waals surface area contributed by atoms with Crippen molar-refractivity contribution in [2.75, 3.05) is 31.1 Å². The zero-order chi connectivity index (χ0) is 19.5. The van der Waals surface area contributed by atoms with E-state index in [-0.39, 0.29) is 11.5 Å². The third kappa shape index (κ3) is 3.73. The normalized spacial score (nSPS) is 14.2. The second-order valence-electron chi connectivity index (χ2n) is 6.52. The number of aromatic amines is 1. The first-order valence-electron chi connectivity index (χ1n) is 9.00. The number of carbonyl (C=O) groups excluding carboxylic acids is 1. The van der Waals surface area contributed by atoms with Gasteiger partial charge in [-0.25, -0.2) is 9.97 Å². The van der Waals surface area contributed by atoms with Gasteiger partial charge < -0.3 is 14.8 Å². The first kappa shape index (κ1) is 18.1. The summed E-state index contributed by atoms with van der Waals surface area (Å²) in [4.78, 5) is 40.7. The highest BCUT2D eigenvalue weighted by Gasteiger charge is 2.23. The Bertz CT molecular complexity index is 1110. The van der Waals surface area contributed by atoms with Crippen molar-refractivity contribution in [3.63, 3.8) is 0 Å². The summed E-state index contributed by atoms with van der Waals surface area (Å²) < 4.78 is 0. The van der Waals surface area contributed by atoms with Gasteiger partial charge in [-0.2, -0.15) is 5.26 Å².